The first-order valence-electron chi connectivity index (χ1n) is 4.31. The van der Waals surface area contributed by atoms with Crippen molar-refractivity contribution >= 4 is 26.8 Å². The van der Waals surface area contributed by atoms with Gasteiger partial charge in [0, 0.05) is 10.8 Å². The highest BCUT2D eigenvalue weighted by Crippen LogP contribution is 2.37. The Morgan fingerprint density at radius 3 is 2.46 bits per heavy atom. The highest BCUT2D eigenvalue weighted by Gasteiger charge is 2.22. The summed E-state index contributed by atoms with van der Waals surface area (Å²) in [5.41, 5.74) is -0.0984. The van der Waals surface area contributed by atoms with Crippen molar-refractivity contribution in [3.05, 3.63) is 0 Å². The molecule has 1 aliphatic rings. The van der Waals surface area contributed by atoms with Crippen LogP contribution in [0.1, 0.15) is 27.7 Å². The second-order valence-electron chi connectivity index (χ2n) is 3.23. The Morgan fingerprint density at radius 2 is 1.92 bits per heavy atom. The zero-order valence-electron chi connectivity index (χ0n) is 8.31. The number of nitrogens with zero attached hydrogens (tertiary/aromatic N) is 1. The molecule has 1 unspecified atom stereocenters. The topological polar surface area (TPSA) is 30.8 Å². The van der Waals surface area contributed by atoms with Crippen LogP contribution in [-0.2, 0) is 9.47 Å². The summed E-state index contributed by atoms with van der Waals surface area (Å²) in [5.74, 6) is 0. The average Bonchev–Trinajstić information content (AvgIpc) is 2.33. The van der Waals surface area contributed by atoms with Crippen LogP contribution >= 0.6 is 21.6 Å². The molecule has 0 aromatic rings. The Bertz CT molecular complexity index is 195. The molecule has 0 aromatic heterocycles. The Hall–Kier alpha value is 0.130. The predicted octanol–water partition coefficient (Wildman–Crippen LogP) is 2.87. The van der Waals surface area contributed by atoms with Crippen LogP contribution in [0.4, 0.5) is 0 Å². The van der Waals surface area contributed by atoms with Crippen LogP contribution in [0.5, 0.6) is 0 Å². The maximum Gasteiger partial charge on any atom is 0.260 e. The lowest BCUT2D eigenvalue weighted by Crippen LogP contribution is -2.11. The Labute approximate surface area is 87.1 Å². The maximum atomic E-state index is 5.50. The average molecular weight is 221 g/mol. The van der Waals surface area contributed by atoms with Crippen molar-refractivity contribution in [2.45, 2.75) is 45.5 Å². The monoisotopic (exact) mass is 221 g/mol. The largest absolute Gasteiger partial charge is 0.470 e. The van der Waals surface area contributed by atoms with E-state index < -0.39 is 0 Å². The lowest BCUT2D eigenvalue weighted by molar-refractivity contribution is 0.0639. The van der Waals surface area contributed by atoms with Gasteiger partial charge in [0.25, 0.3) is 5.23 Å². The molecule has 0 fully saturated rings. The first kappa shape index (κ1) is 11.2. The summed E-state index contributed by atoms with van der Waals surface area (Å²) in [7, 11) is 3.13. The molecule has 1 atom stereocenters. The van der Waals surface area contributed by atoms with Gasteiger partial charge in [-0.2, -0.15) is 0 Å². The van der Waals surface area contributed by atoms with Crippen LogP contribution in [0.2, 0.25) is 0 Å². The molecule has 0 spiro atoms. The second-order valence-corrected chi connectivity index (χ2v) is 5.42. The molecule has 3 nitrogen and oxygen atoms in total. The van der Waals surface area contributed by atoms with Gasteiger partial charge in [0.05, 0.1) is 12.2 Å². The highest BCUT2D eigenvalue weighted by molar-refractivity contribution is 8.82. The fraction of sp³-hybridized carbons (Fsp3) is 0.875. The van der Waals surface area contributed by atoms with Gasteiger partial charge in [-0.15, -0.1) is 0 Å². The van der Waals surface area contributed by atoms with Crippen LogP contribution in [0.25, 0.3) is 0 Å². The minimum absolute atomic E-state index is 0.0984. The van der Waals surface area contributed by atoms with E-state index in [-0.39, 0.29) is 17.8 Å². The van der Waals surface area contributed by atoms with Crippen LogP contribution in [0, 0.1) is 0 Å². The van der Waals surface area contributed by atoms with E-state index in [1.165, 1.54) is 0 Å². The van der Waals surface area contributed by atoms with Gasteiger partial charge in [-0.25, -0.2) is 4.99 Å². The third kappa shape index (κ3) is 4.24. The van der Waals surface area contributed by atoms with E-state index >= 15 is 0 Å². The quantitative estimate of drug-likeness (QED) is 0.686. The zero-order chi connectivity index (χ0) is 9.84. The molecule has 0 saturated heterocycles. The fourth-order valence-corrected chi connectivity index (χ4v) is 2.76. The molecular formula is C8H15NO2S2. The van der Waals surface area contributed by atoms with Crippen LogP contribution in [0.15, 0.2) is 4.99 Å². The summed E-state index contributed by atoms with van der Waals surface area (Å²) in [5, 5.41) is 0.727. The molecule has 1 rings (SSSR count). The van der Waals surface area contributed by atoms with Gasteiger partial charge in [-0.3, -0.25) is 0 Å². The van der Waals surface area contributed by atoms with Crippen LogP contribution in [0.3, 0.4) is 0 Å². The third-order valence-electron chi connectivity index (χ3n) is 1.14. The SMILES string of the molecule is CC(C)OC1=NC(OC(C)C)SS1. The Morgan fingerprint density at radius 1 is 1.23 bits per heavy atom. The van der Waals surface area contributed by atoms with Crippen LogP contribution < -0.4 is 0 Å². The molecule has 0 aromatic carbocycles. The van der Waals surface area contributed by atoms with Gasteiger partial charge in [0.2, 0.25) is 5.56 Å². The van der Waals surface area contributed by atoms with E-state index in [9.17, 15) is 0 Å². The normalized spacial score (nSPS) is 22.6. The molecule has 1 aliphatic heterocycles. The van der Waals surface area contributed by atoms with E-state index in [4.69, 9.17) is 9.47 Å². The van der Waals surface area contributed by atoms with Crippen LogP contribution in [-0.4, -0.2) is 23.0 Å². The molecule has 0 saturated carbocycles. The summed E-state index contributed by atoms with van der Waals surface area (Å²) >= 11 is 0. The molecule has 0 radical (unpaired) electrons. The molecule has 0 N–H and O–H groups in total. The summed E-state index contributed by atoms with van der Waals surface area (Å²) in [6.07, 6.45) is 0.393. The van der Waals surface area contributed by atoms with E-state index in [0.29, 0.717) is 0 Å². The third-order valence-corrected chi connectivity index (χ3v) is 3.17. The molecule has 5 heteroatoms. The second kappa shape index (κ2) is 5.12. The minimum atomic E-state index is -0.0984. The zero-order valence-corrected chi connectivity index (χ0v) is 9.95. The van der Waals surface area contributed by atoms with Gasteiger partial charge in [0.1, 0.15) is 0 Å². The van der Waals surface area contributed by atoms with E-state index in [0.717, 1.165) is 5.23 Å². The van der Waals surface area contributed by atoms with Crippen molar-refractivity contribution in [2.24, 2.45) is 4.99 Å². The molecule has 0 aliphatic carbocycles. The fourth-order valence-electron chi connectivity index (χ4n) is 0.749. The smallest absolute Gasteiger partial charge is 0.260 e. The number of hydrogen-bond acceptors (Lipinski definition) is 5. The van der Waals surface area contributed by atoms with Gasteiger partial charge < -0.3 is 9.47 Å². The van der Waals surface area contributed by atoms with Crippen molar-refractivity contribution in [1.82, 2.24) is 0 Å². The molecule has 0 bridgehead atoms. The number of rotatable bonds is 3. The number of aliphatic imine (C=N–C) groups is 1. The van der Waals surface area contributed by atoms with Crippen molar-refractivity contribution in [3.8, 4) is 0 Å². The molecule has 76 valence electrons. The predicted molar refractivity (Wildman–Crippen MR) is 58.8 cm³/mol. The maximum absolute atomic E-state index is 5.50. The standard InChI is InChI=1S/C8H15NO2S2/c1-5(2)10-7-9-8(13-12-7)11-6(3)4/h5-7H,1-4H3. The lowest BCUT2D eigenvalue weighted by atomic mass is 10.5. The van der Waals surface area contributed by atoms with Crippen molar-refractivity contribution in [1.29, 1.82) is 0 Å². The Balaban J connectivity index is 2.35. The lowest BCUT2D eigenvalue weighted by Gasteiger charge is -2.09. The van der Waals surface area contributed by atoms with Gasteiger partial charge in [-0.05, 0) is 38.5 Å². The number of hydrogen-bond donors (Lipinski definition) is 0. The molecule has 1 heterocycles. The van der Waals surface area contributed by atoms with Gasteiger partial charge in [-0.1, -0.05) is 0 Å². The van der Waals surface area contributed by atoms with Crippen molar-refractivity contribution < 1.29 is 9.47 Å². The molecule has 0 amide bonds. The molecular weight excluding hydrogens is 206 g/mol. The minimum Gasteiger partial charge on any atom is -0.470 e. The van der Waals surface area contributed by atoms with E-state index in [1.54, 1.807) is 21.6 Å². The summed E-state index contributed by atoms with van der Waals surface area (Å²) < 4.78 is 10.9. The van der Waals surface area contributed by atoms with E-state index in [2.05, 4.69) is 4.99 Å². The van der Waals surface area contributed by atoms with Gasteiger partial charge >= 0.3 is 0 Å². The first-order valence-corrected chi connectivity index (χ1v) is 6.52. The Kier molecular flexibility index (Phi) is 4.41. The van der Waals surface area contributed by atoms with E-state index in [1.807, 2.05) is 27.7 Å². The van der Waals surface area contributed by atoms with Crippen molar-refractivity contribution in [2.75, 3.05) is 0 Å². The highest BCUT2D eigenvalue weighted by atomic mass is 33.1. The first-order chi connectivity index (χ1) is 6.08. The van der Waals surface area contributed by atoms with Crippen molar-refractivity contribution in [3.63, 3.8) is 0 Å². The summed E-state index contributed by atoms with van der Waals surface area (Å²) in [6.45, 7) is 7.98. The summed E-state index contributed by atoms with van der Waals surface area (Å²) in [6, 6.07) is 0. The van der Waals surface area contributed by atoms with Gasteiger partial charge in [0.15, 0.2) is 0 Å². The summed E-state index contributed by atoms with van der Waals surface area (Å²) in [4.78, 5) is 4.27. The molecule has 13 heavy (non-hydrogen) atoms. The number of ether oxygens (including phenoxy) is 2.